The molecule has 4 heteroatoms. The number of hydrogen-bond donors (Lipinski definition) is 1. The first-order valence-corrected chi connectivity index (χ1v) is 7.94. The smallest absolute Gasteiger partial charge is 0.236 e. The molecule has 3 rings (SSSR count). The predicted molar refractivity (Wildman–Crippen MR) is 76.0 cm³/mol. The van der Waals surface area contributed by atoms with Crippen molar-refractivity contribution < 1.29 is 4.79 Å². The van der Waals surface area contributed by atoms with Crippen LogP contribution in [0.4, 0.5) is 0 Å². The van der Waals surface area contributed by atoms with Crippen LogP contribution in [0.3, 0.4) is 0 Å². The molecule has 0 aromatic rings. The van der Waals surface area contributed by atoms with Gasteiger partial charge in [0.05, 0.1) is 6.54 Å². The van der Waals surface area contributed by atoms with Gasteiger partial charge < -0.3 is 10.2 Å². The monoisotopic (exact) mass is 265 g/mol. The first kappa shape index (κ1) is 13.4. The van der Waals surface area contributed by atoms with Crippen LogP contribution in [0.15, 0.2) is 0 Å². The van der Waals surface area contributed by atoms with Gasteiger partial charge in [0.1, 0.15) is 0 Å². The summed E-state index contributed by atoms with van der Waals surface area (Å²) >= 11 is 0. The first-order chi connectivity index (χ1) is 9.24. The summed E-state index contributed by atoms with van der Waals surface area (Å²) in [4.78, 5) is 16.7. The van der Waals surface area contributed by atoms with E-state index in [1.54, 1.807) is 0 Å². The number of amides is 1. The minimum absolute atomic E-state index is 0.332. The maximum atomic E-state index is 12.3. The SMILES string of the molecule is CN(C(=O)CN(CC1CCCNC1)C1CC1)C1CC1. The molecule has 108 valence electrons. The number of piperidine rings is 1. The molecule has 3 fully saturated rings. The van der Waals surface area contributed by atoms with E-state index in [1.807, 2.05) is 11.9 Å². The molecule has 0 aromatic heterocycles. The number of nitrogens with one attached hydrogen (secondary N) is 1. The van der Waals surface area contributed by atoms with Crippen molar-refractivity contribution >= 4 is 5.91 Å². The maximum Gasteiger partial charge on any atom is 0.236 e. The topological polar surface area (TPSA) is 35.6 Å². The number of carbonyl (C=O) groups excluding carboxylic acids is 1. The Morgan fingerprint density at radius 2 is 1.89 bits per heavy atom. The van der Waals surface area contributed by atoms with Crippen LogP contribution in [0.25, 0.3) is 0 Å². The van der Waals surface area contributed by atoms with Crippen LogP contribution in [-0.4, -0.2) is 61.0 Å². The molecule has 0 spiro atoms. The van der Waals surface area contributed by atoms with Gasteiger partial charge >= 0.3 is 0 Å². The van der Waals surface area contributed by atoms with Gasteiger partial charge in [0.2, 0.25) is 5.91 Å². The second kappa shape index (κ2) is 5.80. The van der Waals surface area contributed by atoms with Crippen molar-refractivity contribution in [3.63, 3.8) is 0 Å². The minimum Gasteiger partial charge on any atom is -0.342 e. The fourth-order valence-corrected chi connectivity index (χ4v) is 3.14. The Labute approximate surface area is 116 Å². The molecule has 0 bridgehead atoms. The Kier molecular flexibility index (Phi) is 4.08. The summed E-state index contributed by atoms with van der Waals surface area (Å²) in [6.45, 7) is 4.06. The van der Waals surface area contributed by atoms with Gasteiger partial charge in [0.15, 0.2) is 0 Å². The van der Waals surface area contributed by atoms with E-state index in [4.69, 9.17) is 0 Å². The summed E-state index contributed by atoms with van der Waals surface area (Å²) < 4.78 is 0. The Morgan fingerprint density at radius 1 is 1.16 bits per heavy atom. The summed E-state index contributed by atoms with van der Waals surface area (Å²) in [7, 11) is 1.98. The Bertz CT molecular complexity index is 319. The molecule has 1 atom stereocenters. The molecule has 2 saturated carbocycles. The molecular formula is C15H27N3O. The number of nitrogens with zero attached hydrogens (tertiary/aromatic N) is 2. The second-order valence-electron chi connectivity index (χ2n) is 6.61. The number of carbonyl (C=O) groups is 1. The van der Waals surface area contributed by atoms with Gasteiger partial charge in [-0.3, -0.25) is 9.69 Å². The third kappa shape index (κ3) is 3.69. The molecule has 19 heavy (non-hydrogen) atoms. The van der Waals surface area contributed by atoms with Crippen LogP contribution in [0.5, 0.6) is 0 Å². The summed E-state index contributed by atoms with van der Waals surface area (Å²) in [5, 5.41) is 3.48. The van der Waals surface area contributed by atoms with E-state index in [1.165, 1.54) is 45.1 Å². The Balaban J connectivity index is 1.50. The van der Waals surface area contributed by atoms with E-state index in [-0.39, 0.29) is 0 Å². The van der Waals surface area contributed by atoms with E-state index in [0.29, 0.717) is 24.5 Å². The third-order valence-electron chi connectivity index (χ3n) is 4.78. The fourth-order valence-electron chi connectivity index (χ4n) is 3.14. The van der Waals surface area contributed by atoms with Crippen molar-refractivity contribution in [3.05, 3.63) is 0 Å². The van der Waals surface area contributed by atoms with Crippen LogP contribution in [0.1, 0.15) is 38.5 Å². The van der Waals surface area contributed by atoms with Gasteiger partial charge in [-0.2, -0.15) is 0 Å². The Morgan fingerprint density at radius 3 is 2.47 bits per heavy atom. The summed E-state index contributed by atoms with van der Waals surface area (Å²) in [6, 6.07) is 1.24. The van der Waals surface area contributed by atoms with Crippen LogP contribution in [0, 0.1) is 5.92 Å². The lowest BCUT2D eigenvalue weighted by molar-refractivity contribution is -0.132. The molecule has 1 amide bonds. The highest BCUT2D eigenvalue weighted by molar-refractivity contribution is 5.78. The average Bonchev–Trinajstić information content (AvgIpc) is 3.31. The van der Waals surface area contributed by atoms with Crippen LogP contribution in [0.2, 0.25) is 0 Å². The maximum absolute atomic E-state index is 12.3. The van der Waals surface area contributed by atoms with Gasteiger partial charge in [-0.25, -0.2) is 0 Å². The molecule has 0 radical (unpaired) electrons. The Hall–Kier alpha value is -0.610. The first-order valence-electron chi connectivity index (χ1n) is 7.94. The van der Waals surface area contributed by atoms with Gasteiger partial charge in [-0.15, -0.1) is 0 Å². The third-order valence-corrected chi connectivity index (χ3v) is 4.78. The van der Waals surface area contributed by atoms with E-state index in [0.717, 1.165) is 19.0 Å². The molecule has 1 unspecified atom stereocenters. The molecular weight excluding hydrogens is 238 g/mol. The zero-order valence-electron chi connectivity index (χ0n) is 12.1. The average molecular weight is 265 g/mol. The fraction of sp³-hybridized carbons (Fsp3) is 0.933. The van der Waals surface area contributed by atoms with Crippen LogP contribution >= 0.6 is 0 Å². The largest absolute Gasteiger partial charge is 0.342 e. The summed E-state index contributed by atoms with van der Waals surface area (Å²) in [5.41, 5.74) is 0. The zero-order chi connectivity index (χ0) is 13.2. The van der Waals surface area contributed by atoms with E-state index in [9.17, 15) is 4.79 Å². The molecule has 1 aliphatic heterocycles. The molecule has 3 aliphatic rings. The minimum atomic E-state index is 0.332. The van der Waals surface area contributed by atoms with Gasteiger partial charge in [-0.05, 0) is 57.5 Å². The van der Waals surface area contributed by atoms with Gasteiger partial charge in [0.25, 0.3) is 0 Å². The second-order valence-corrected chi connectivity index (χ2v) is 6.61. The van der Waals surface area contributed by atoms with E-state index < -0.39 is 0 Å². The summed E-state index contributed by atoms with van der Waals surface area (Å²) in [5.74, 6) is 1.08. The van der Waals surface area contributed by atoms with Crippen molar-refractivity contribution in [2.45, 2.75) is 50.6 Å². The molecule has 2 aliphatic carbocycles. The van der Waals surface area contributed by atoms with Gasteiger partial charge in [0, 0.05) is 25.7 Å². The van der Waals surface area contributed by atoms with Crippen LogP contribution < -0.4 is 5.32 Å². The number of hydrogen-bond acceptors (Lipinski definition) is 3. The van der Waals surface area contributed by atoms with Gasteiger partial charge in [-0.1, -0.05) is 0 Å². The highest BCUT2D eigenvalue weighted by Gasteiger charge is 2.35. The molecule has 4 nitrogen and oxygen atoms in total. The van der Waals surface area contributed by atoms with E-state index >= 15 is 0 Å². The van der Waals surface area contributed by atoms with Crippen molar-refractivity contribution in [2.75, 3.05) is 33.2 Å². The highest BCUT2D eigenvalue weighted by Crippen LogP contribution is 2.30. The van der Waals surface area contributed by atoms with Crippen molar-refractivity contribution in [3.8, 4) is 0 Å². The summed E-state index contributed by atoms with van der Waals surface area (Å²) in [6.07, 6.45) is 7.61. The molecule has 1 saturated heterocycles. The number of rotatable bonds is 6. The lowest BCUT2D eigenvalue weighted by Gasteiger charge is -2.31. The van der Waals surface area contributed by atoms with Crippen LogP contribution in [-0.2, 0) is 4.79 Å². The number of likely N-dealkylation sites (N-methyl/N-ethyl adjacent to an activating group) is 1. The highest BCUT2D eigenvalue weighted by atomic mass is 16.2. The standard InChI is InChI=1S/C15H27N3O/c1-17(13-4-5-13)15(19)11-18(14-6-7-14)10-12-3-2-8-16-9-12/h12-14,16H,2-11H2,1H3. The van der Waals surface area contributed by atoms with Crippen molar-refractivity contribution in [1.29, 1.82) is 0 Å². The predicted octanol–water partition coefficient (Wildman–Crippen LogP) is 1.07. The molecule has 0 aromatic carbocycles. The lowest BCUT2D eigenvalue weighted by Crippen LogP contribution is -2.44. The van der Waals surface area contributed by atoms with Crippen molar-refractivity contribution in [1.82, 2.24) is 15.1 Å². The van der Waals surface area contributed by atoms with Crippen molar-refractivity contribution in [2.24, 2.45) is 5.92 Å². The quantitative estimate of drug-likeness (QED) is 0.780. The lowest BCUT2D eigenvalue weighted by atomic mass is 9.99. The normalized spacial score (nSPS) is 27.6. The zero-order valence-corrected chi connectivity index (χ0v) is 12.1. The van der Waals surface area contributed by atoms with E-state index in [2.05, 4.69) is 10.2 Å². The molecule has 1 N–H and O–H groups in total. The molecule has 1 heterocycles.